The number of hydrogen-bond donors (Lipinski definition) is 1. The topological polar surface area (TPSA) is 118 Å². The summed E-state index contributed by atoms with van der Waals surface area (Å²) in [5, 5.41) is 9.73. The van der Waals surface area contributed by atoms with E-state index in [9.17, 15) is 18.3 Å². The van der Waals surface area contributed by atoms with Crippen molar-refractivity contribution in [2.75, 3.05) is 26.7 Å². The molecule has 1 aliphatic rings. The number of imidazole rings is 1. The molecule has 2 aromatic rings. The third kappa shape index (κ3) is 6.01. The van der Waals surface area contributed by atoms with Gasteiger partial charge in [0.25, 0.3) is 15.9 Å². The zero-order valence-corrected chi connectivity index (χ0v) is 21.8. The number of aliphatic hydroxyl groups is 1. The molecule has 1 N–H and O–H groups in total. The Labute approximate surface area is 207 Å². The normalized spacial score (nSPS) is 19.5. The van der Waals surface area contributed by atoms with Crippen molar-refractivity contribution in [3.05, 3.63) is 35.9 Å². The van der Waals surface area contributed by atoms with E-state index in [4.69, 9.17) is 4.74 Å². The predicted molar refractivity (Wildman–Crippen MR) is 130 cm³/mol. The van der Waals surface area contributed by atoms with Crippen molar-refractivity contribution in [3.63, 3.8) is 0 Å². The van der Waals surface area contributed by atoms with Crippen LogP contribution in [0, 0.1) is 23.7 Å². The number of amides is 1. The van der Waals surface area contributed by atoms with Crippen molar-refractivity contribution >= 4 is 15.9 Å². The van der Waals surface area contributed by atoms with Crippen LogP contribution in [0.5, 0.6) is 5.88 Å². The number of pyridine rings is 1. The van der Waals surface area contributed by atoms with E-state index in [-0.39, 0.29) is 53.9 Å². The lowest BCUT2D eigenvalue weighted by atomic mass is 10.00. The molecule has 2 aromatic heterocycles. The van der Waals surface area contributed by atoms with Crippen LogP contribution in [0.1, 0.15) is 43.6 Å². The Morgan fingerprint density at radius 2 is 2.03 bits per heavy atom. The minimum absolute atomic E-state index is 0.0195. The molecular formula is C24H33N5O5S. The highest BCUT2D eigenvalue weighted by Gasteiger charge is 2.36. The Hall–Kier alpha value is -2.94. The molecule has 35 heavy (non-hydrogen) atoms. The van der Waals surface area contributed by atoms with Gasteiger partial charge in [-0.05, 0) is 13.0 Å². The van der Waals surface area contributed by atoms with E-state index in [0.29, 0.717) is 5.56 Å². The number of aromatic nitrogens is 3. The van der Waals surface area contributed by atoms with Gasteiger partial charge in [0.05, 0.1) is 25.5 Å². The lowest BCUT2D eigenvalue weighted by Crippen LogP contribution is -2.50. The van der Waals surface area contributed by atoms with E-state index in [2.05, 4.69) is 21.8 Å². The van der Waals surface area contributed by atoms with E-state index in [1.54, 1.807) is 35.7 Å². The van der Waals surface area contributed by atoms with Crippen LogP contribution in [0.3, 0.4) is 0 Å². The van der Waals surface area contributed by atoms with Gasteiger partial charge >= 0.3 is 0 Å². The zero-order valence-electron chi connectivity index (χ0n) is 21.0. The van der Waals surface area contributed by atoms with Crippen LogP contribution in [0.2, 0.25) is 0 Å². The van der Waals surface area contributed by atoms with Crippen LogP contribution in [-0.2, 0) is 17.1 Å². The number of carbonyl (C=O) groups is 1. The molecule has 0 aliphatic carbocycles. The standard InChI is InChI=1S/C24H33N5O5S/c1-16(2)7-8-19-9-20-23(25-10-19)34-21(17(3)11-29(24(20)31)18(4)14-30)12-28(6)35(32,33)22-13-27(5)15-26-22/h9-10,13,15-18,21,30H,11-12,14H2,1-6H3/t17-,18+,21+/m0/s1. The quantitative estimate of drug-likeness (QED) is 0.592. The number of aryl methyl sites for hydroxylation is 1. The molecule has 190 valence electrons. The molecule has 11 heteroatoms. The molecule has 0 unspecified atom stereocenters. The number of fused-ring (bicyclic) bond motifs is 1. The van der Waals surface area contributed by atoms with Gasteiger partial charge in [0.2, 0.25) is 5.88 Å². The minimum Gasteiger partial charge on any atom is -0.472 e. The smallest absolute Gasteiger partial charge is 0.261 e. The average Bonchev–Trinajstić information content (AvgIpc) is 3.26. The van der Waals surface area contributed by atoms with E-state index >= 15 is 0 Å². The van der Waals surface area contributed by atoms with Crippen LogP contribution in [0.25, 0.3) is 0 Å². The zero-order chi connectivity index (χ0) is 25.9. The molecule has 3 heterocycles. The molecule has 3 rings (SSSR count). The van der Waals surface area contributed by atoms with Crippen molar-refractivity contribution in [2.24, 2.45) is 18.9 Å². The second kappa shape index (κ2) is 10.8. The number of hydrogen-bond acceptors (Lipinski definition) is 7. The molecule has 1 amide bonds. The van der Waals surface area contributed by atoms with Gasteiger partial charge < -0.3 is 19.3 Å². The first-order valence-electron chi connectivity index (χ1n) is 11.5. The van der Waals surface area contributed by atoms with Gasteiger partial charge in [-0.1, -0.05) is 32.6 Å². The number of carbonyl (C=O) groups excluding carboxylic acids is 1. The average molecular weight is 504 g/mol. The van der Waals surface area contributed by atoms with Gasteiger partial charge in [0.15, 0.2) is 5.03 Å². The Kier molecular flexibility index (Phi) is 8.20. The number of rotatable bonds is 6. The van der Waals surface area contributed by atoms with Crippen molar-refractivity contribution in [1.82, 2.24) is 23.7 Å². The molecule has 0 saturated heterocycles. The molecule has 0 saturated carbocycles. The van der Waals surface area contributed by atoms with Gasteiger partial charge in [0, 0.05) is 50.4 Å². The number of sulfonamides is 1. The highest BCUT2D eigenvalue weighted by Crippen LogP contribution is 2.28. The van der Waals surface area contributed by atoms with Crippen LogP contribution < -0.4 is 4.74 Å². The summed E-state index contributed by atoms with van der Waals surface area (Å²) >= 11 is 0. The van der Waals surface area contributed by atoms with Crippen LogP contribution in [0.15, 0.2) is 29.8 Å². The lowest BCUT2D eigenvalue weighted by Gasteiger charge is -2.37. The van der Waals surface area contributed by atoms with Crippen LogP contribution in [0.4, 0.5) is 0 Å². The Morgan fingerprint density at radius 1 is 1.31 bits per heavy atom. The number of likely N-dealkylation sites (N-methyl/N-ethyl adjacent to an activating group) is 1. The summed E-state index contributed by atoms with van der Waals surface area (Å²) in [6.45, 7) is 7.64. The first-order valence-corrected chi connectivity index (χ1v) is 12.9. The number of ether oxygens (including phenoxy) is 1. The second-order valence-corrected chi connectivity index (χ2v) is 11.3. The van der Waals surface area contributed by atoms with E-state index < -0.39 is 22.2 Å². The summed E-state index contributed by atoms with van der Waals surface area (Å²) in [4.78, 5) is 23.3. The van der Waals surface area contributed by atoms with Crippen LogP contribution >= 0.6 is 0 Å². The largest absolute Gasteiger partial charge is 0.472 e. The monoisotopic (exact) mass is 503 g/mol. The molecular weight excluding hydrogens is 470 g/mol. The van der Waals surface area contributed by atoms with Crippen molar-refractivity contribution in [3.8, 4) is 17.7 Å². The molecule has 10 nitrogen and oxygen atoms in total. The Balaban J connectivity index is 1.99. The third-order valence-electron chi connectivity index (χ3n) is 5.82. The summed E-state index contributed by atoms with van der Waals surface area (Å²) in [5.41, 5.74) is 0.805. The van der Waals surface area contributed by atoms with Gasteiger partial charge in [-0.3, -0.25) is 4.79 Å². The number of aliphatic hydroxyl groups excluding tert-OH is 1. The van der Waals surface area contributed by atoms with E-state index in [1.807, 2.05) is 20.8 Å². The molecule has 1 aliphatic heterocycles. The lowest BCUT2D eigenvalue weighted by molar-refractivity contribution is 0.0373. The predicted octanol–water partition coefficient (Wildman–Crippen LogP) is 1.36. The SMILES string of the molecule is CC(C)C#Cc1cnc2c(c1)C(=O)N([C@H](C)CO)C[C@H](C)[C@@H](CN(C)S(=O)(=O)c1cn(C)cn1)O2. The maximum absolute atomic E-state index is 13.4. The van der Waals surface area contributed by atoms with E-state index in [1.165, 1.54) is 23.9 Å². The summed E-state index contributed by atoms with van der Waals surface area (Å²) in [6.07, 6.45) is 3.79. The van der Waals surface area contributed by atoms with Crippen molar-refractivity contribution < 1.29 is 23.1 Å². The molecule has 0 bridgehead atoms. The van der Waals surface area contributed by atoms with E-state index in [0.717, 1.165) is 0 Å². The molecule has 0 aromatic carbocycles. The van der Waals surface area contributed by atoms with Crippen LogP contribution in [-0.4, -0.2) is 82.1 Å². The van der Waals surface area contributed by atoms with Gasteiger partial charge in [-0.25, -0.2) is 18.4 Å². The summed E-state index contributed by atoms with van der Waals surface area (Å²) in [7, 11) is -0.679. The first-order chi connectivity index (χ1) is 16.4. The highest BCUT2D eigenvalue weighted by molar-refractivity contribution is 7.89. The summed E-state index contributed by atoms with van der Waals surface area (Å²) in [5.74, 6) is 5.76. The maximum atomic E-state index is 13.4. The second-order valence-electron chi connectivity index (χ2n) is 9.29. The van der Waals surface area contributed by atoms with Crippen molar-refractivity contribution in [1.29, 1.82) is 0 Å². The fraction of sp³-hybridized carbons (Fsp3) is 0.542. The summed E-state index contributed by atoms with van der Waals surface area (Å²) in [6, 6.07) is 1.19. The Morgan fingerprint density at radius 3 is 2.63 bits per heavy atom. The highest BCUT2D eigenvalue weighted by atomic mass is 32.2. The maximum Gasteiger partial charge on any atom is 0.261 e. The molecule has 0 radical (unpaired) electrons. The molecule has 0 fully saturated rings. The first kappa shape index (κ1) is 26.7. The third-order valence-corrected chi connectivity index (χ3v) is 7.53. The number of nitrogens with zero attached hydrogens (tertiary/aromatic N) is 5. The Bertz CT molecular complexity index is 1230. The van der Waals surface area contributed by atoms with Crippen molar-refractivity contribution in [2.45, 2.75) is 44.9 Å². The van der Waals surface area contributed by atoms with Gasteiger partial charge in [-0.2, -0.15) is 4.31 Å². The molecule has 0 spiro atoms. The van der Waals surface area contributed by atoms with Gasteiger partial charge in [-0.15, -0.1) is 0 Å². The molecule has 3 atom stereocenters. The van der Waals surface area contributed by atoms with Gasteiger partial charge in [0.1, 0.15) is 11.7 Å². The fourth-order valence-corrected chi connectivity index (χ4v) is 4.79. The fourth-order valence-electron chi connectivity index (χ4n) is 3.65. The summed E-state index contributed by atoms with van der Waals surface area (Å²) < 4.78 is 35.0. The minimum atomic E-state index is -3.84.